The van der Waals surface area contributed by atoms with Crippen LogP contribution in [0.15, 0.2) is 0 Å². The van der Waals surface area contributed by atoms with E-state index in [1.165, 1.54) is 4.23 Å². The van der Waals surface area contributed by atoms with E-state index < -0.39 is 0 Å². The molecule has 17 heavy (non-hydrogen) atoms. The van der Waals surface area contributed by atoms with Gasteiger partial charge >= 0.3 is 67.2 Å². The number of nitrogens with two attached hydrogens (primary N) is 1. The Balaban J connectivity index is 0. The van der Waals surface area contributed by atoms with E-state index in [2.05, 4.69) is 79.3 Å². The molecule has 2 N–H and O–H groups in total. The van der Waals surface area contributed by atoms with Crippen molar-refractivity contribution in [2.75, 3.05) is 0 Å². The molecule has 0 radical (unpaired) electrons. The molecule has 0 unspecified atom stereocenters. The Kier molecular flexibility index (Phi) is 9.88. The summed E-state index contributed by atoms with van der Waals surface area (Å²) in [5.74, 6) is 1.94. The van der Waals surface area contributed by atoms with E-state index in [0.717, 1.165) is 0 Å². The Morgan fingerprint density at radius 1 is 0.882 bits per heavy atom. The first-order valence-electron chi connectivity index (χ1n) is 6.73. The quantitative estimate of drug-likeness (QED) is 0.828. The molecule has 0 amide bonds. The molecular formula is C15H33NV. The predicted octanol–water partition coefficient (Wildman–Crippen LogP) is 4.03. The van der Waals surface area contributed by atoms with Gasteiger partial charge in [-0.3, -0.25) is 0 Å². The van der Waals surface area contributed by atoms with Crippen LogP contribution >= 0.6 is 0 Å². The van der Waals surface area contributed by atoms with Crippen LogP contribution in [0, 0.1) is 23.2 Å². The molecule has 0 aliphatic heterocycles. The van der Waals surface area contributed by atoms with Gasteiger partial charge in [-0.2, -0.15) is 0 Å². The van der Waals surface area contributed by atoms with Gasteiger partial charge in [0.15, 0.2) is 0 Å². The fourth-order valence-corrected chi connectivity index (χ4v) is 1.64. The molecule has 0 spiro atoms. The first-order chi connectivity index (χ1) is 7.41. The molecule has 0 saturated carbocycles. The maximum atomic E-state index is 5.76. The summed E-state index contributed by atoms with van der Waals surface area (Å²) in [6.07, 6.45) is 0. The van der Waals surface area contributed by atoms with E-state index in [4.69, 9.17) is 5.73 Å². The summed E-state index contributed by atoms with van der Waals surface area (Å²) in [6, 6.07) is 0.370. The van der Waals surface area contributed by atoms with Crippen molar-refractivity contribution in [3.63, 3.8) is 0 Å². The molecule has 1 nitrogen and oxygen atoms in total. The first-order valence-corrected chi connectivity index (χ1v) is 7.42. The Morgan fingerprint density at radius 2 is 1.18 bits per heavy atom. The van der Waals surface area contributed by atoms with E-state index >= 15 is 0 Å². The zero-order chi connectivity index (χ0) is 14.4. The molecule has 2 heteroatoms. The van der Waals surface area contributed by atoms with E-state index in [1.807, 2.05) is 0 Å². The van der Waals surface area contributed by atoms with Crippen LogP contribution in [0.4, 0.5) is 0 Å². The molecular weight excluding hydrogens is 245 g/mol. The van der Waals surface area contributed by atoms with E-state index in [1.54, 1.807) is 0 Å². The SMILES string of the molecule is CC(C)C(N)C(C)C.CC(C)[C](=[V])C(C)(C)C. The zero-order valence-electron chi connectivity index (χ0n) is 13.3. The summed E-state index contributed by atoms with van der Waals surface area (Å²) in [7, 11) is 0. The van der Waals surface area contributed by atoms with Crippen LogP contribution in [0.3, 0.4) is 0 Å². The fourth-order valence-electron chi connectivity index (χ4n) is 1.64. The molecule has 0 aromatic carbocycles. The molecule has 0 bridgehead atoms. The normalized spacial score (nSPS) is 12.1. The van der Waals surface area contributed by atoms with Crippen molar-refractivity contribution in [2.45, 2.75) is 68.4 Å². The van der Waals surface area contributed by atoms with Crippen LogP contribution < -0.4 is 5.73 Å². The summed E-state index contributed by atoms with van der Waals surface area (Å²) < 4.78 is 1.52. The molecule has 0 saturated heterocycles. The molecule has 0 rings (SSSR count). The summed E-state index contributed by atoms with van der Waals surface area (Å²) in [4.78, 5) is 0. The fraction of sp³-hybridized carbons (Fsp3) is 0.933. The molecule has 0 heterocycles. The zero-order valence-corrected chi connectivity index (χ0v) is 14.7. The summed E-state index contributed by atoms with van der Waals surface area (Å²) in [5.41, 5.74) is 6.13. The van der Waals surface area contributed by atoms with Crippen molar-refractivity contribution in [3.8, 4) is 0 Å². The van der Waals surface area contributed by atoms with Crippen LogP contribution in [0.25, 0.3) is 0 Å². The second-order valence-corrected chi connectivity index (χ2v) is 7.61. The first kappa shape index (κ1) is 19.7. The summed E-state index contributed by atoms with van der Waals surface area (Å²) in [5, 5.41) is 0. The third kappa shape index (κ3) is 10.1. The number of rotatable bonds is 3. The van der Waals surface area contributed by atoms with Gasteiger partial charge in [-0.05, 0) is 11.8 Å². The van der Waals surface area contributed by atoms with Gasteiger partial charge in [0, 0.05) is 6.04 Å². The second-order valence-electron chi connectivity index (χ2n) is 6.86. The Bertz CT molecular complexity index is 203. The number of hydrogen-bond acceptors (Lipinski definition) is 1. The molecule has 0 atom stereocenters. The molecule has 103 valence electrons. The van der Waals surface area contributed by atoms with Crippen molar-refractivity contribution in [1.29, 1.82) is 0 Å². The van der Waals surface area contributed by atoms with Gasteiger partial charge in [-0.15, -0.1) is 0 Å². The van der Waals surface area contributed by atoms with Crippen LogP contribution in [-0.4, -0.2) is 10.3 Å². The Labute approximate surface area is 118 Å². The van der Waals surface area contributed by atoms with Gasteiger partial charge in [0.2, 0.25) is 0 Å². The van der Waals surface area contributed by atoms with Crippen LogP contribution in [0.2, 0.25) is 0 Å². The minimum absolute atomic E-state index is 0.369. The van der Waals surface area contributed by atoms with Gasteiger partial charge in [-0.1, -0.05) is 27.7 Å². The monoisotopic (exact) mass is 278 g/mol. The minimum atomic E-state index is 0.369. The average Bonchev–Trinajstić information content (AvgIpc) is 2.14. The van der Waals surface area contributed by atoms with Gasteiger partial charge in [0.1, 0.15) is 0 Å². The van der Waals surface area contributed by atoms with Crippen LogP contribution in [-0.2, 0) is 17.0 Å². The van der Waals surface area contributed by atoms with Gasteiger partial charge in [0.05, 0.1) is 0 Å². The third-order valence-corrected chi connectivity index (χ3v) is 4.71. The standard InChI is InChI=1S/C8H16.C7H17N.V/c1-7(2)6-8(3,4)5;1-5(2)7(8)6(3)4;/h7H,1-5H3;5-7H,8H2,1-4H3;. The second kappa shape index (κ2) is 8.50. The van der Waals surface area contributed by atoms with Crippen molar-refractivity contribution in [1.82, 2.24) is 0 Å². The Morgan fingerprint density at radius 3 is 1.18 bits per heavy atom. The Hall–Kier alpha value is 0.414. The average molecular weight is 278 g/mol. The molecule has 0 fully saturated rings. The van der Waals surface area contributed by atoms with Gasteiger partial charge in [0.25, 0.3) is 0 Å². The summed E-state index contributed by atoms with van der Waals surface area (Å²) >= 11 is 2.69. The molecule has 0 aliphatic rings. The predicted molar refractivity (Wildman–Crippen MR) is 77.0 cm³/mol. The van der Waals surface area contributed by atoms with Crippen LogP contribution in [0.5, 0.6) is 0 Å². The molecule has 0 aromatic heterocycles. The molecule has 0 aliphatic carbocycles. The van der Waals surface area contributed by atoms with Crippen molar-refractivity contribution in [3.05, 3.63) is 0 Å². The van der Waals surface area contributed by atoms with Gasteiger partial charge < -0.3 is 5.73 Å². The van der Waals surface area contributed by atoms with E-state index in [0.29, 0.717) is 29.2 Å². The number of hydrogen-bond donors (Lipinski definition) is 1. The van der Waals surface area contributed by atoms with Crippen molar-refractivity contribution in [2.24, 2.45) is 28.9 Å². The van der Waals surface area contributed by atoms with Crippen molar-refractivity contribution < 1.29 is 17.0 Å². The van der Waals surface area contributed by atoms with Crippen LogP contribution in [0.1, 0.15) is 62.3 Å². The summed E-state index contributed by atoms with van der Waals surface area (Å²) in [6.45, 7) is 19.9. The van der Waals surface area contributed by atoms with Crippen molar-refractivity contribution >= 4 is 4.23 Å². The van der Waals surface area contributed by atoms with E-state index in [-0.39, 0.29) is 0 Å². The van der Waals surface area contributed by atoms with Gasteiger partial charge in [-0.25, -0.2) is 0 Å². The van der Waals surface area contributed by atoms with E-state index in [9.17, 15) is 0 Å². The topological polar surface area (TPSA) is 26.0 Å². The molecule has 0 aromatic rings. The maximum absolute atomic E-state index is 5.76. The third-order valence-electron chi connectivity index (χ3n) is 2.85.